The highest BCUT2D eigenvalue weighted by Crippen LogP contribution is 2.21. The molecule has 0 saturated carbocycles. The second kappa shape index (κ2) is 5.09. The fraction of sp³-hybridized carbons (Fsp3) is 0.417. The van der Waals surface area contributed by atoms with E-state index < -0.39 is 5.54 Å². The Kier molecular flexibility index (Phi) is 4.05. The Morgan fingerprint density at radius 1 is 1.33 bits per heavy atom. The molecule has 0 fully saturated rings. The van der Waals surface area contributed by atoms with E-state index in [1.807, 2.05) is 37.7 Å². The van der Waals surface area contributed by atoms with Crippen LogP contribution < -0.4 is 5.32 Å². The fourth-order valence-electron chi connectivity index (χ4n) is 1.19. The largest absolute Gasteiger partial charge is 0.368 e. The molecule has 0 bridgehead atoms. The molecule has 1 rings (SSSR count). The highest BCUT2D eigenvalue weighted by Gasteiger charge is 2.15. The lowest BCUT2D eigenvalue weighted by Crippen LogP contribution is -2.28. The number of nitrogens with zero attached hydrogens (tertiary/aromatic N) is 1. The first-order valence-electron chi connectivity index (χ1n) is 4.99. The van der Waals surface area contributed by atoms with Crippen LogP contribution in [0.25, 0.3) is 0 Å². The smallest absolute Gasteiger partial charge is 0.119 e. The Hall–Kier alpha value is -1.14. The van der Waals surface area contributed by atoms with E-state index in [9.17, 15) is 0 Å². The molecule has 0 aliphatic rings. The van der Waals surface area contributed by atoms with Crippen molar-refractivity contribution in [1.29, 1.82) is 5.26 Å². The van der Waals surface area contributed by atoms with Gasteiger partial charge in [-0.25, -0.2) is 0 Å². The number of nitrogens with one attached hydrogen (secondary N) is 1. The van der Waals surface area contributed by atoms with Crippen LogP contribution in [0.15, 0.2) is 29.2 Å². The Morgan fingerprint density at radius 2 is 1.93 bits per heavy atom. The van der Waals surface area contributed by atoms with Gasteiger partial charge < -0.3 is 5.32 Å². The van der Waals surface area contributed by atoms with Gasteiger partial charge in [0.25, 0.3) is 0 Å². The average molecular weight is 220 g/mol. The molecule has 80 valence electrons. The van der Waals surface area contributed by atoms with E-state index in [-0.39, 0.29) is 0 Å². The van der Waals surface area contributed by atoms with E-state index in [4.69, 9.17) is 5.26 Å². The molecule has 0 aliphatic carbocycles. The summed E-state index contributed by atoms with van der Waals surface area (Å²) in [6.45, 7) is 5.86. The molecule has 0 saturated heterocycles. The predicted molar refractivity (Wildman–Crippen MR) is 66.2 cm³/mol. The lowest BCUT2D eigenvalue weighted by atomic mass is 10.1. The van der Waals surface area contributed by atoms with E-state index in [2.05, 4.69) is 30.4 Å². The van der Waals surface area contributed by atoms with Crippen molar-refractivity contribution in [3.8, 4) is 6.07 Å². The van der Waals surface area contributed by atoms with Crippen molar-refractivity contribution in [2.45, 2.75) is 31.2 Å². The van der Waals surface area contributed by atoms with Crippen molar-refractivity contribution in [2.24, 2.45) is 0 Å². The van der Waals surface area contributed by atoms with Crippen molar-refractivity contribution in [3.05, 3.63) is 24.3 Å². The molecule has 1 N–H and O–H groups in total. The molecule has 0 atom stereocenters. The van der Waals surface area contributed by atoms with E-state index in [1.165, 1.54) is 4.90 Å². The van der Waals surface area contributed by atoms with Crippen molar-refractivity contribution in [1.82, 2.24) is 0 Å². The summed E-state index contributed by atoms with van der Waals surface area (Å²) in [5, 5.41) is 12.0. The normalized spacial score (nSPS) is 10.8. The van der Waals surface area contributed by atoms with Crippen LogP contribution in [0, 0.1) is 11.3 Å². The van der Waals surface area contributed by atoms with Gasteiger partial charge in [-0.05, 0) is 43.9 Å². The van der Waals surface area contributed by atoms with Crippen molar-refractivity contribution in [3.63, 3.8) is 0 Å². The maximum atomic E-state index is 8.88. The summed E-state index contributed by atoms with van der Waals surface area (Å²) in [6.07, 6.45) is 0. The Bertz CT molecular complexity index is 349. The summed E-state index contributed by atoms with van der Waals surface area (Å²) in [7, 11) is 0. The second-order valence-corrected chi connectivity index (χ2v) is 5.16. The summed E-state index contributed by atoms with van der Waals surface area (Å²) in [5.74, 6) is 1.08. The molecule has 0 amide bonds. The minimum atomic E-state index is -0.514. The third kappa shape index (κ3) is 3.85. The van der Waals surface area contributed by atoms with Crippen molar-refractivity contribution < 1.29 is 0 Å². The maximum Gasteiger partial charge on any atom is 0.119 e. The third-order valence-corrected chi connectivity index (χ3v) is 2.80. The zero-order valence-electron chi connectivity index (χ0n) is 9.37. The molecule has 0 heterocycles. The number of hydrogen-bond donors (Lipinski definition) is 1. The molecule has 2 nitrogen and oxygen atoms in total. The van der Waals surface area contributed by atoms with Crippen LogP contribution in [0.3, 0.4) is 0 Å². The Balaban J connectivity index is 2.69. The van der Waals surface area contributed by atoms with Gasteiger partial charge in [0, 0.05) is 10.6 Å². The van der Waals surface area contributed by atoms with Gasteiger partial charge in [0.2, 0.25) is 0 Å². The molecule has 0 aliphatic heterocycles. The first kappa shape index (κ1) is 11.9. The quantitative estimate of drug-likeness (QED) is 0.789. The van der Waals surface area contributed by atoms with Gasteiger partial charge in [0.1, 0.15) is 5.54 Å². The molecule has 3 heteroatoms. The molecule has 0 aromatic heterocycles. The molecular formula is C12H16N2S. The monoisotopic (exact) mass is 220 g/mol. The molecule has 1 aromatic carbocycles. The van der Waals surface area contributed by atoms with Gasteiger partial charge in [0.05, 0.1) is 6.07 Å². The summed E-state index contributed by atoms with van der Waals surface area (Å²) in [6, 6.07) is 10.4. The highest BCUT2D eigenvalue weighted by atomic mass is 32.2. The standard InChI is InChI=1S/C12H16N2S/c1-4-15-11-7-5-10(6-8-11)14-12(2,3)9-13/h5-8,14H,4H2,1-3H3. The summed E-state index contributed by atoms with van der Waals surface area (Å²) in [5.41, 5.74) is 0.473. The molecule has 0 spiro atoms. The van der Waals surface area contributed by atoms with Gasteiger partial charge in [-0.1, -0.05) is 6.92 Å². The Labute approximate surface area is 95.7 Å². The average Bonchev–Trinajstić information content (AvgIpc) is 2.21. The van der Waals surface area contributed by atoms with E-state index in [0.29, 0.717) is 0 Å². The van der Waals surface area contributed by atoms with Crippen molar-refractivity contribution >= 4 is 17.4 Å². The zero-order valence-corrected chi connectivity index (χ0v) is 10.2. The van der Waals surface area contributed by atoms with Crippen LogP contribution in [0.2, 0.25) is 0 Å². The molecule has 0 unspecified atom stereocenters. The zero-order chi connectivity index (χ0) is 11.3. The van der Waals surface area contributed by atoms with Gasteiger partial charge in [-0.3, -0.25) is 0 Å². The first-order chi connectivity index (χ1) is 7.07. The minimum absolute atomic E-state index is 0.514. The highest BCUT2D eigenvalue weighted by molar-refractivity contribution is 7.99. The van der Waals surface area contributed by atoms with Crippen LogP contribution >= 0.6 is 11.8 Å². The number of hydrogen-bond acceptors (Lipinski definition) is 3. The van der Waals surface area contributed by atoms with E-state index in [1.54, 1.807) is 0 Å². The predicted octanol–water partition coefficient (Wildman–Crippen LogP) is 3.51. The van der Waals surface area contributed by atoms with Crippen LogP contribution in [0.4, 0.5) is 5.69 Å². The van der Waals surface area contributed by atoms with Crippen LogP contribution in [-0.4, -0.2) is 11.3 Å². The number of benzene rings is 1. The summed E-state index contributed by atoms with van der Waals surface area (Å²) < 4.78 is 0. The number of nitriles is 1. The second-order valence-electron chi connectivity index (χ2n) is 3.82. The Morgan fingerprint density at radius 3 is 2.40 bits per heavy atom. The lowest BCUT2D eigenvalue weighted by molar-refractivity contribution is 0.729. The van der Waals surface area contributed by atoms with Crippen LogP contribution in [-0.2, 0) is 0 Å². The van der Waals surface area contributed by atoms with Gasteiger partial charge in [-0.15, -0.1) is 11.8 Å². The first-order valence-corrected chi connectivity index (χ1v) is 5.98. The van der Waals surface area contributed by atoms with Gasteiger partial charge in [0.15, 0.2) is 0 Å². The maximum absolute atomic E-state index is 8.88. The minimum Gasteiger partial charge on any atom is -0.368 e. The molecule has 15 heavy (non-hydrogen) atoms. The van der Waals surface area contributed by atoms with Crippen molar-refractivity contribution in [2.75, 3.05) is 11.1 Å². The van der Waals surface area contributed by atoms with E-state index >= 15 is 0 Å². The molecular weight excluding hydrogens is 204 g/mol. The third-order valence-electron chi connectivity index (χ3n) is 1.90. The number of thioether (sulfide) groups is 1. The topological polar surface area (TPSA) is 35.8 Å². The van der Waals surface area contributed by atoms with Gasteiger partial charge in [-0.2, -0.15) is 5.26 Å². The number of rotatable bonds is 4. The van der Waals surface area contributed by atoms with Crippen LogP contribution in [0.1, 0.15) is 20.8 Å². The molecule has 1 aromatic rings. The summed E-state index contributed by atoms with van der Waals surface area (Å²) in [4.78, 5) is 1.26. The molecule has 0 radical (unpaired) electrons. The SMILES string of the molecule is CCSc1ccc(NC(C)(C)C#N)cc1. The summed E-state index contributed by atoms with van der Waals surface area (Å²) >= 11 is 1.81. The fourth-order valence-corrected chi connectivity index (χ4v) is 1.85. The lowest BCUT2D eigenvalue weighted by Gasteiger charge is -2.19. The van der Waals surface area contributed by atoms with E-state index in [0.717, 1.165) is 11.4 Å². The van der Waals surface area contributed by atoms with Gasteiger partial charge >= 0.3 is 0 Å². The number of anilines is 1. The van der Waals surface area contributed by atoms with Crippen LogP contribution in [0.5, 0.6) is 0 Å².